The smallest absolute Gasteiger partial charge is 0.242 e. The molecular formula is C26H32N6O3. The highest BCUT2D eigenvalue weighted by atomic mass is 16.5. The van der Waals surface area contributed by atoms with Crippen LogP contribution in [-0.2, 0) is 9.53 Å². The highest BCUT2D eigenvalue weighted by molar-refractivity contribution is 5.83. The molecule has 1 atom stereocenters. The predicted molar refractivity (Wildman–Crippen MR) is 135 cm³/mol. The summed E-state index contributed by atoms with van der Waals surface area (Å²) in [5, 5.41) is 0. The number of aryl methyl sites for hydroxylation is 1. The number of amides is 1. The first kappa shape index (κ1) is 23.4. The van der Waals surface area contributed by atoms with Crippen LogP contribution in [0.4, 0.5) is 5.69 Å². The quantitative estimate of drug-likeness (QED) is 0.555. The fourth-order valence-corrected chi connectivity index (χ4v) is 4.69. The average Bonchev–Trinajstić information content (AvgIpc) is 2.88. The number of carbonyl (C=O) groups excluding carboxylic acids is 1. The summed E-state index contributed by atoms with van der Waals surface area (Å²) in [5.74, 6) is 0.472. The van der Waals surface area contributed by atoms with E-state index < -0.39 is 0 Å². The van der Waals surface area contributed by atoms with Crippen molar-refractivity contribution < 1.29 is 14.3 Å². The number of benzene rings is 1. The van der Waals surface area contributed by atoms with Crippen LogP contribution < -0.4 is 9.64 Å². The van der Waals surface area contributed by atoms with Gasteiger partial charge in [0, 0.05) is 63.3 Å². The van der Waals surface area contributed by atoms with Gasteiger partial charge in [-0.25, -0.2) is 9.97 Å². The van der Waals surface area contributed by atoms with Gasteiger partial charge in [-0.3, -0.25) is 9.78 Å². The molecule has 9 nitrogen and oxygen atoms in total. The fourth-order valence-electron chi connectivity index (χ4n) is 4.69. The molecule has 0 unspecified atom stereocenters. The molecule has 0 spiro atoms. The minimum absolute atomic E-state index is 0.0464. The lowest BCUT2D eigenvalue weighted by molar-refractivity contribution is -0.137. The van der Waals surface area contributed by atoms with Gasteiger partial charge in [-0.05, 0) is 37.7 Å². The Hall–Kier alpha value is -3.30. The molecule has 0 N–H and O–H groups in total. The Morgan fingerprint density at radius 2 is 1.91 bits per heavy atom. The Kier molecular flexibility index (Phi) is 6.79. The number of piperazine rings is 1. The van der Waals surface area contributed by atoms with Gasteiger partial charge < -0.3 is 24.2 Å². The van der Waals surface area contributed by atoms with Gasteiger partial charge in [-0.1, -0.05) is 6.07 Å². The van der Waals surface area contributed by atoms with Crippen molar-refractivity contribution in [2.24, 2.45) is 0 Å². The molecule has 2 fully saturated rings. The minimum atomic E-state index is -0.213. The van der Waals surface area contributed by atoms with Crippen molar-refractivity contribution >= 4 is 22.6 Å². The van der Waals surface area contributed by atoms with Crippen LogP contribution >= 0.6 is 0 Å². The van der Waals surface area contributed by atoms with Crippen molar-refractivity contribution in [3.63, 3.8) is 0 Å². The van der Waals surface area contributed by atoms with Gasteiger partial charge in [0.15, 0.2) is 5.52 Å². The van der Waals surface area contributed by atoms with E-state index in [0.717, 1.165) is 43.0 Å². The molecular weight excluding hydrogens is 444 g/mol. The number of pyridine rings is 1. The number of hydrogen-bond acceptors (Lipinski definition) is 8. The van der Waals surface area contributed by atoms with Crippen LogP contribution in [0.2, 0.25) is 0 Å². The Morgan fingerprint density at radius 1 is 1.11 bits per heavy atom. The second kappa shape index (κ2) is 10.1. The van der Waals surface area contributed by atoms with E-state index in [4.69, 9.17) is 14.5 Å². The van der Waals surface area contributed by atoms with Crippen LogP contribution in [0.3, 0.4) is 0 Å². The summed E-state index contributed by atoms with van der Waals surface area (Å²) < 4.78 is 11.9. The molecule has 0 radical (unpaired) electrons. The second-order valence-electron chi connectivity index (χ2n) is 9.30. The molecule has 2 aliphatic heterocycles. The molecule has 35 heavy (non-hydrogen) atoms. The number of ether oxygens (including phenoxy) is 2. The van der Waals surface area contributed by atoms with E-state index in [9.17, 15) is 4.79 Å². The van der Waals surface area contributed by atoms with Crippen molar-refractivity contribution in [2.75, 3.05) is 64.4 Å². The molecule has 1 amide bonds. The first-order valence-electron chi connectivity index (χ1n) is 12.1. The van der Waals surface area contributed by atoms with Crippen LogP contribution in [0.25, 0.3) is 22.3 Å². The standard InChI is InChI=1S/C26H32N6O3/c1-18-14-20(4-5-24(18)31-10-8-30(3)9-11-31)22-15-23-25(28-7-6-27-23)26(29-22)35-17-21-16-32(19(2)33)12-13-34-21/h4-7,14-15,21H,8-13,16-17H2,1-3H3/t21-/m0/s1. The molecule has 184 valence electrons. The lowest BCUT2D eigenvalue weighted by atomic mass is 10.0. The maximum atomic E-state index is 11.8. The van der Waals surface area contributed by atoms with Crippen LogP contribution in [0.1, 0.15) is 12.5 Å². The van der Waals surface area contributed by atoms with E-state index >= 15 is 0 Å². The molecule has 0 bridgehead atoms. The number of carbonyl (C=O) groups is 1. The molecule has 9 heteroatoms. The number of morpholine rings is 1. The summed E-state index contributed by atoms with van der Waals surface area (Å²) in [6, 6.07) is 8.43. The van der Waals surface area contributed by atoms with Crippen LogP contribution in [-0.4, -0.2) is 96.3 Å². The van der Waals surface area contributed by atoms with E-state index in [0.29, 0.717) is 31.1 Å². The first-order valence-corrected chi connectivity index (χ1v) is 12.1. The predicted octanol–water partition coefficient (Wildman–Crippen LogP) is 2.38. The highest BCUT2D eigenvalue weighted by Crippen LogP contribution is 2.31. The van der Waals surface area contributed by atoms with Crippen LogP contribution in [0.15, 0.2) is 36.7 Å². The van der Waals surface area contributed by atoms with Crippen molar-refractivity contribution in [3.8, 4) is 17.1 Å². The van der Waals surface area contributed by atoms with Gasteiger partial charge in [-0.15, -0.1) is 0 Å². The average molecular weight is 477 g/mol. The van der Waals surface area contributed by atoms with Crippen LogP contribution in [0, 0.1) is 6.92 Å². The van der Waals surface area contributed by atoms with E-state index in [1.807, 2.05) is 6.07 Å². The SMILES string of the molecule is CC(=O)N1CCO[C@H](COc2nc(-c3ccc(N4CCN(C)CC4)c(C)c3)cc3nccnc23)C1. The number of fused-ring (bicyclic) bond motifs is 1. The number of likely N-dealkylation sites (N-methyl/N-ethyl adjacent to an activating group) is 1. The molecule has 5 rings (SSSR count). The van der Waals surface area contributed by atoms with Crippen LogP contribution in [0.5, 0.6) is 5.88 Å². The number of hydrogen-bond donors (Lipinski definition) is 0. The summed E-state index contributed by atoms with van der Waals surface area (Å²) >= 11 is 0. The maximum absolute atomic E-state index is 11.8. The zero-order valence-corrected chi connectivity index (χ0v) is 20.6. The van der Waals surface area contributed by atoms with Gasteiger partial charge in [0.25, 0.3) is 0 Å². The third-order valence-electron chi connectivity index (χ3n) is 6.75. The van der Waals surface area contributed by atoms with E-state index in [1.165, 1.54) is 11.3 Å². The summed E-state index contributed by atoms with van der Waals surface area (Å²) in [7, 11) is 2.17. The fraction of sp³-hybridized carbons (Fsp3) is 0.462. The molecule has 2 aromatic heterocycles. The lowest BCUT2D eigenvalue weighted by Gasteiger charge is -2.35. The van der Waals surface area contributed by atoms with Crippen molar-refractivity contribution in [1.82, 2.24) is 24.8 Å². The summed E-state index contributed by atoms with van der Waals surface area (Å²) in [6.45, 7) is 9.83. The van der Waals surface area contributed by atoms with Crippen molar-refractivity contribution in [1.29, 1.82) is 0 Å². The lowest BCUT2D eigenvalue weighted by Crippen LogP contribution is -2.46. The van der Waals surface area contributed by atoms with Gasteiger partial charge in [-0.2, -0.15) is 0 Å². The third-order valence-corrected chi connectivity index (χ3v) is 6.75. The Balaban J connectivity index is 1.39. The van der Waals surface area contributed by atoms with Crippen molar-refractivity contribution in [3.05, 3.63) is 42.2 Å². The molecule has 0 saturated carbocycles. The molecule has 4 heterocycles. The van der Waals surface area contributed by atoms with E-state index in [-0.39, 0.29) is 18.6 Å². The number of nitrogens with zero attached hydrogens (tertiary/aromatic N) is 6. The second-order valence-corrected chi connectivity index (χ2v) is 9.30. The van der Waals surface area contributed by atoms with E-state index in [2.05, 4.69) is 51.9 Å². The highest BCUT2D eigenvalue weighted by Gasteiger charge is 2.24. The number of rotatable bonds is 5. The largest absolute Gasteiger partial charge is 0.473 e. The Morgan fingerprint density at radius 3 is 2.69 bits per heavy atom. The molecule has 2 saturated heterocycles. The molecule has 3 aromatic rings. The van der Waals surface area contributed by atoms with Gasteiger partial charge in [0.2, 0.25) is 11.8 Å². The Labute approximate surface area is 205 Å². The molecule has 1 aromatic carbocycles. The number of anilines is 1. The normalized spacial score (nSPS) is 19.2. The topological polar surface area (TPSA) is 83.9 Å². The first-order chi connectivity index (χ1) is 17.0. The minimum Gasteiger partial charge on any atom is -0.473 e. The molecule has 2 aliphatic rings. The summed E-state index contributed by atoms with van der Waals surface area (Å²) in [5.41, 5.74) is 5.62. The maximum Gasteiger partial charge on any atom is 0.242 e. The summed E-state index contributed by atoms with van der Waals surface area (Å²) in [6.07, 6.45) is 3.10. The van der Waals surface area contributed by atoms with Gasteiger partial charge in [0.1, 0.15) is 12.7 Å². The molecule has 0 aliphatic carbocycles. The number of aromatic nitrogens is 3. The van der Waals surface area contributed by atoms with Gasteiger partial charge >= 0.3 is 0 Å². The monoisotopic (exact) mass is 476 g/mol. The zero-order chi connectivity index (χ0) is 24.4. The van der Waals surface area contributed by atoms with Crippen molar-refractivity contribution in [2.45, 2.75) is 20.0 Å². The summed E-state index contributed by atoms with van der Waals surface area (Å²) in [4.78, 5) is 32.1. The van der Waals surface area contributed by atoms with Gasteiger partial charge in [0.05, 0.1) is 24.4 Å². The van der Waals surface area contributed by atoms with E-state index in [1.54, 1.807) is 24.2 Å². The third kappa shape index (κ3) is 5.21. The zero-order valence-electron chi connectivity index (χ0n) is 20.6. The Bertz CT molecular complexity index is 1210.